The maximum absolute atomic E-state index is 9.95. The monoisotopic (exact) mass is 248 g/mol. The normalized spacial score (nSPS) is 18.2. The maximum atomic E-state index is 9.95. The third-order valence-corrected chi connectivity index (χ3v) is 2.76. The Balaban J connectivity index is 2.46. The van der Waals surface area contributed by atoms with Crippen molar-refractivity contribution < 1.29 is 5.11 Å². The molecule has 1 N–H and O–H groups in total. The summed E-state index contributed by atoms with van der Waals surface area (Å²) in [5.41, 5.74) is 1.66. The molecular weight excluding hydrogens is 240 g/mol. The number of aliphatic hydroxyl groups is 1. The van der Waals surface area contributed by atoms with Gasteiger partial charge >= 0.3 is 0 Å². The molecular formula is C12H9BrO. The van der Waals surface area contributed by atoms with E-state index in [1.807, 2.05) is 48.6 Å². The number of rotatable bonds is 1. The van der Waals surface area contributed by atoms with Gasteiger partial charge in [-0.25, -0.2) is 0 Å². The third kappa shape index (κ3) is 1.66. The molecule has 0 atom stereocenters. The second-order valence-corrected chi connectivity index (χ2v) is 3.86. The van der Waals surface area contributed by atoms with Gasteiger partial charge < -0.3 is 5.11 Å². The number of hydrogen-bond acceptors (Lipinski definition) is 1. The molecule has 1 aromatic carbocycles. The van der Waals surface area contributed by atoms with E-state index in [0.717, 1.165) is 15.6 Å². The van der Waals surface area contributed by atoms with Crippen LogP contribution in [0.4, 0.5) is 0 Å². The van der Waals surface area contributed by atoms with Gasteiger partial charge in [0.25, 0.3) is 0 Å². The summed E-state index contributed by atoms with van der Waals surface area (Å²) >= 11 is 3.38. The molecule has 1 aliphatic carbocycles. The summed E-state index contributed by atoms with van der Waals surface area (Å²) < 4.78 is 0.916. The van der Waals surface area contributed by atoms with Crippen LogP contribution in [0.3, 0.4) is 0 Å². The molecule has 0 saturated carbocycles. The Kier molecular flexibility index (Phi) is 2.55. The van der Waals surface area contributed by atoms with Crippen LogP contribution in [0, 0.1) is 0 Å². The molecule has 2 heteroatoms. The van der Waals surface area contributed by atoms with Crippen molar-refractivity contribution in [3.05, 3.63) is 64.2 Å². The van der Waals surface area contributed by atoms with Gasteiger partial charge in [-0.2, -0.15) is 0 Å². The van der Waals surface area contributed by atoms with Crippen molar-refractivity contribution in [2.75, 3.05) is 0 Å². The van der Waals surface area contributed by atoms with Crippen LogP contribution in [0.15, 0.2) is 58.6 Å². The fourth-order valence-corrected chi connectivity index (χ4v) is 1.81. The minimum Gasteiger partial charge on any atom is -0.507 e. The van der Waals surface area contributed by atoms with Crippen LogP contribution in [-0.4, -0.2) is 5.11 Å². The lowest BCUT2D eigenvalue weighted by molar-refractivity contribution is 0.509. The minimum atomic E-state index is 0.308. The highest BCUT2D eigenvalue weighted by molar-refractivity contribution is 9.12. The number of aliphatic hydroxyl groups excluding tert-OH is 1. The van der Waals surface area contributed by atoms with Gasteiger partial charge in [-0.3, -0.25) is 0 Å². The first-order chi connectivity index (χ1) is 6.79. The highest BCUT2D eigenvalue weighted by atomic mass is 79.9. The summed E-state index contributed by atoms with van der Waals surface area (Å²) in [4.78, 5) is 0. The Bertz CT molecular complexity index is 427. The summed E-state index contributed by atoms with van der Waals surface area (Å²) in [5.74, 6) is 0.308. The Morgan fingerprint density at radius 1 is 1.14 bits per heavy atom. The van der Waals surface area contributed by atoms with Crippen LogP contribution in [0.1, 0.15) is 5.56 Å². The fourth-order valence-electron chi connectivity index (χ4n) is 1.34. The molecule has 0 spiro atoms. The van der Waals surface area contributed by atoms with Gasteiger partial charge in [0.15, 0.2) is 0 Å². The Morgan fingerprint density at radius 2 is 1.86 bits per heavy atom. The summed E-state index contributed by atoms with van der Waals surface area (Å²) in [6.07, 6.45) is 5.69. The van der Waals surface area contributed by atoms with Gasteiger partial charge in [0.1, 0.15) is 5.76 Å². The van der Waals surface area contributed by atoms with E-state index in [1.165, 1.54) is 0 Å². The van der Waals surface area contributed by atoms with E-state index in [0.29, 0.717) is 5.76 Å². The van der Waals surface area contributed by atoms with E-state index in [2.05, 4.69) is 15.9 Å². The quantitative estimate of drug-likeness (QED) is 0.750. The molecule has 0 heterocycles. The summed E-state index contributed by atoms with van der Waals surface area (Å²) in [6, 6.07) is 9.51. The fraction of sp³-hybridized carbons (Fsp3) is 0. The molecule has 0 unspecified atom stereocenters. The van der Waals surface area contributed by atoms with Gasteiger partial charge in [0.2, 0.25) is 0 Å². The zero-order valence-electron chi connectivity index (χ0n) is 7.44. The molecule has 2 rings (SSSR count). The van der Waals surface area contributed by atoms with E-state index in [1.54, 1.807) is 0 Å². The largest absolute Gasteiger partial charge is 0.507 e. The molecule has 14 heavy (non-hydrogen) atoms. The molecule has 0 amide bonds. The molecule has 0 aromatic heterocycles. The summed E-state index contributed by atoms with van der Waals surface area (Å²) in [7, 11) is 0. The zero-order valence-corrected chi connectivity index (χ0v) is 9.03. The summed E-state index contributed by atoms with van der Waals surface area (Å²) in [6.45, 7) is 0. The Labute approximate surface area is 91.2 Å². The van der Waals surface area contributed by atoms with Crippen LogP contribution in [0.25, 0.3) is 5.76 Å². The highest BCUT2D eigenvalue weighted by Gasteiger charge is 2.10. The third-order valence-electron chi connectivity index (χ3n) is 2.07. The minimum absolute atomic E-state index is 0.308. The van der Waals surface area contributed by atoms with E-state index < -0.39 is 0 Å². The van der Waals surface area contributed by atoms with Gasteiger partial charge in [0, 0.05) is 15.6 Å². The van der Waals surface area contributed by atoms with Gasteiger partial charge in [-0.05, 0) is 6.08 Å². The van der Waals surface area contributed by atoms with Crippen LogP contribution in [0.2, 0.25) is 0 Å². The van der Waals surface area contributed by atoms with E-state index >= 15 is 0 Å². The van der Waals surface area contributed by atoms with E-state index in [-0.39, 0.29) is 0 Å². The molecule has 0 saturated heterocycles. The second-order valence-electron chi connectivity index (χ2n) is 3.00. The number of halogens is 1. The van der Waals surface area contributed by atoms with Crippen molar-refractivity contribution in [3.63, 3.8) is 0 Å². The van der Waals surface area contributed by atoms with Crippen LogP contribution in [-0.2, 0) is 0 Å². The van der Waals surface area contributed by atoms with Crippen LogP contribution >= 0.6 is 15.9 Å². The molecule has 0 bridgehead atoms. The Hall–Kier alpha value is -1.28. The van der Waals surface area contributed by atoms with Crippen molar-refractivity contribution in [2.24, 2.45) is 0 Å². The predicted molar refractivity (Wildman–Crippen MR) is 62.1 cm³/mol. The van der Waals surface area contributed by atoms with Crippen LogP contribution in [0.5, 0.6) is 0 Å². The molecule has 0 fully saturated rings. The van der Waals surface area contributed by atoms with Crippen molar-refractivity contribution >= 4 is 21.7 Å². The van der Waals surface area contributed by atoms with Gasteiger partial charge in [-0.1, -0.05) is 58.4 Å². The van der Waals surface area contributed by atoms with Crippen molar-refractivity contribution in [2.45, 2.75) is 0 Å². The van der Waals surface area contributed by atoms with Crippen molar-refractivity contribution in [1.82, 2.24) is 0 Å². The van der Waals surface area contributed by atoms with Gasteiger partial charge in [0.05, 0.1) is 0 Å². The van der Waals surface area contributed by atoms with E-state index in [4.69, 9.17) is 0 Å². The van der Waals surface area contributed by atoms with Crippen molar-refractivity contribution in [3.8, 4) is 0 Å². The SMILES string of the molecule is O/C(=C1\C=CC=C1Br)c1ccccc1. The highest BCUT2D eigenvalue weighted by Crippen LogP contribution is 2.29. The van der Waals surface area contributed by atoms with E-state index in [9.17, 15) is 5.11 Å². The smallest absolute Gasteiger partial charge is 0.131 e. The molecule has 0 radical (unpaired) electrons. The van der Waals surface area contributed by atoms with Crippen molar-refractivity contribution in [1.29, 1.82) is 0 Å². The second kappa shape index (κ2) is 3.84. The van der Waals surface area contributed by atoms with Crippen LogP contribution < -0.4 is 0 Å². The first kappa shape index (κ1) is 9.28. The topological polar surface area (TPSA) is 20.2 Å². The average molecular weight is 249 g/mol. The lowest BCUT2D eigenvalue weighted by Crippen LogP contribution is -1.87. The first-order valence-corrected chi connectivity index (χ1v) is 5.11. The molecule has 70 valence electrons. The molecule has 1 nitrogen and oxygen atoms in total. The first-order valence-electron chi connectivity index (χ1n) is 4.32. The predicted octanol–water partition coefficient (Wildman–Crippen LogP) is 3.80. The summed E-state index contributed by atoms with van der Waals surface area (Å²) in [5, 5.41) is 9.95. The number of benzene rings is 1. The average Bonchev–Trinajstić information content (AvgIpc) is 2.65. The number of allylic oxidation sites excluding steroid dienone is 5. The van der Waals surface area contributed by atoms with Gasteiger partial charge in [-0.15, -0.1) is 0 Å². The zero-order chi connectivity index (χ0) is 9.97. The molecule has 1 aliphatic rings. The Morgan fingerprint density at radius 3 is 2.43 bits per heavy atom. The lowest BCUT2D eigenvalue weighted by Gasteiger charge is -2.03. The molecule has 0 aliphatic heterocycles. The number of hydrogen-bond donors (Lipinski definition) is 1. The lowest BCUT2D eigenvalue weighted by atomic mass is 10.1. The maximum Gasteiger partial charge on any atom is 0.131 e. The molecule has 1 aromatic rings. The standard InChI is InChI=1S/C12H9BrO/c13-11-8-4-7-10(11)12(14)9-5-2-1-3-6-9/h1-8,14H/b12-10+.